The fourth-order valence-corrected chi connectivity index (χ4v) is 4.80. The van der Waals surface area contributed by atoms with Crippen molar-refractivity contribution in [3.63, 3.8) is 0 Å². The van der Waals surface area contributed by atoms with Gasteiger partial charge in [-0.05, 0) is 43.2 Å². The average molecular weight is 459 g/mol. The van der Waals surface area contributed by atoms with Gasteiger partial charge in [-0.1, -0.05) is 38.1 Å². The van der Waals surface area contributed by atoms with Crippen LogP contribution in [0.25, 0.3) is 0 Å². The molecule has 1 fully saturated rings. The topological polar surface area (TPSA) is 116 Å². The van der Waals surface area contributed by atoms with E-state index >= 15 is 0 Å². The van der Waals surface area contributed by atoms with Crippen LogP contribution in [0.1, 0.15) is 26.7 Å². The number of nitrogens with zero attached hydrogens (tertiary/aromatic N) is 2. The van der Waals surface area contributed by atoms with E-state index in [1.165, 1.54) is 31.3 Å². The van der Waals surface area contributed by atoms with Gasteiger partial charge in [0.25, 0.3) is 15.9 Å². The zero-order valence-electron chi connectivity index (χ0n) is 18.2. The highest BCUT2D eigenvalue weighted by molar-refractivity contribution is 7.92. The van der Waals surface area contributed by atoms with Gasteiger partial charge in [0.1, 0.15) is 12.1 Å². The fourth-order valence-electron chi connectivity index (χ4n) is 3.56. The van der Waals surface area contributed by atoms with Crippen LogP contribution in [0.3, 0.4) is 0 Å². The van der Waals surface area contributed by atoms with Crippen molar-refractivity contribution in [2.75, 3.05) is 23.2 Å². The zero-order chi connectivity index (χ0) is 23.5. The van der Waals surface area contributed by atoms with E-state index in [1.807, 2.05) is 0 Å². The van der Waals surface area contributed by atoms with Crippen LogP contribution in [0.4, 0.5) is 16.2 Å². The second-order valence-corrected chi connectivity index (χ2v) is 9.46. The number of hydrogen-bond acceptors (Lipinski definition) is 5. The lowest BCUT2D eigenvalue weighted by atomic mass is 9.93. The van der Waals surface area contributed by atoms with Crippen LogP contribution in [0, 0.1) is 0 Å². The van der Waals surface area contributed by atoms with Crippen LogP contribution in [-0.4, -0.2) is 50.3 Å². The quantitative estimate of drug-likeness (QED) is 0.590. The maximum atomic E-state index is 13.0. The van der Waals surface area contributed by atoms with E-state index in [0.717, 1.165) is 9.21 Å². The Hall–Kier alpha value is -3.40. The summed E-state index contributed by atoms with van der Waals surface area (Å²) >= 11 is 0. The zero-order valence-corrected chi connectivity index (χ0v) is 19.0. The van der Waals surface area contributed by atoms with Gasteiger partial charge in [-0.3, -0.25) is 18.8 Å². The molecule has 9 nitrogen and oxygen atoms in total. The normalized spacial score (nSPS) is 15.4. The lowest BCUT2D eigenvalue weighted by Crippen LogP contribution is -2.46. The van der Waals surface area contributed by atoms with Gasteiger partial charge in [0.2, 0.25) is 5.91 Å². The first kappa shape index (κ1) is 23.3. The highest BCUT2D eigenvalue weighted by Gasteiger charge is 2.49. The minimum Gasteiger partial charge on any atom is -0.324 e. The number of carbonyl (C=O) groups is 3. The lowest BCUT2D eigenvalue weighted by Gasteiger charge is -2.23. The Balaban J connectivity index is 1.74. The third kappa shape index (κ3) is 4.31. The molecule has 0 radical (unpaired) electrons. The highest BCUT2D eigenvalue weighted by Crippen LogP contribution is 2.26. The molecule has 1 aliphatic heterocycles. The van der Waals surface area contributed by atoms with Crippen molar-refractivity contribution in [3.05, 3.63) is 54.6 Å². The molecular weight excluding hydrogens is 432 g/mol. The van der Waals surface area contributed by atoms with Gasteiger partial charge in [0, 0.05) is 12.7 Å². The second-order valence-electron chi connectivity index (χ2n) is 7.49. The van der Waals surface area contributed by atoms with Crippen LogP contribution < -0.4 is 14.9 Å². The molecule has 0 spiro atoms. The lowest BCUT2D eigenvalue weighted by molar-refractivity contribution is -0.134. The van der Waals surface area contributed by atoms with Crippen LogP contribution in [0.15, 0.2) is 59.5 Å². The predicted molar refractivity (Wildman–Crippen MR) is 121 cm³/mol. The highest BCUT2D eigenvalue weighted by atomic mass is 32.2. The number of rotatable bonds is 8. The number of amides is 4. The first-order valence-corrected chi connectivity index (χ1v) is 11.7. The maximum absolute atomic E-state index is 13.0. The van der Waals surface area contributed by atoms with Crippen LogP contribution in [0.2, 0.25) is 0 Å². The van der Waals surface area contributed by atoms with Crippen molar-refractivity contribution in [1.29, 1.82) is 0 Å². The fraction of sp³-hybridized carbons (Fsp3) is 0.318. The number of sulfonamides is 1. The van der Waals surface area contributed by atoms with Gasteiger partial charge < -0.3 is 10.6 Å². The second kappa shape index (κ2) is 8.99. The molecule has 0 aliphatic carbocycles. The summed E-state index contributed by atoms with van der Waals surface area (Å²) in [5, 5.41) is 5.23. The summed E-state index contributed by atoms with van der Waals surface area (Å²) in [6, 6.07) is 13.8. The van der Waals surface area contributed by atoms with Crippen molar-refractivity contribution in [2.24, 2.45) is 0 Å². The van der Waals surface area contributed by atoms with Crippen molar-refractivity contribution in [3.8, 4) is 0 Å². The maximum Gasteiger partial charge on any atom is 0.325 e. The minimum absolute atomic E-state index is 0.00683. The van der Waals surface area contributed by atoms with Crippen molar-refractivity contribution in [1.82, 2.24) is 10.2 Å². The molecule has 0 bridgehead atoms. The van der Waals surface area contributed by atoms with E-state index in [4.69, 9.17) is 0 Å². The molecule has 0 atom stereocenters. The molecule has 2 aromatic carbocycles. The van der Waals surface area contributed by atoms with Gasteiger partial charge in [0.05, 0.1) is 10.6 Å². The Morgan fingerprint density at radius 2 is 1.72 bits per heavy atom. The van der Waals surface area contributed by atoms with E-state index in [0.29, 0.717) is 18.5 Å². The molecular formula is C22H26N4O5S. The summed E-state index contributed by atoms with van der Waals surface area (Å²) in [4.78, 5) is 38.3. The molecule has 32 heavy (non-hydrogen) atoms. The third-order valence-electron chi connectivity index (χ3n) is 5.65. The first-order valence-electron chi connectivity index (χ1n) is 10.2. The summed E-state index contributed by atoms with van der Waals surface area (Å²) in [5.74, 6) is -1.05. The summed E-state index contributed by atoms with van der Waals surface area (Å²) in [6.07, 6.45) is 0.835. The monoisotopic (exact) mass is 458 g/mol. The van der Waals surface area contributed by atoms with E-state index in [1.54, 1.807) is 44.2 Å². The van der Waals surface area contributed by atoms with Crippen LogP contribution in [-0.2, 0) is 19.6 Å². The predicted octanol–water partition coefficient (Wildman–Crippen LogP) is 2.56. The van der Waals surface area contributed by atoms with Gasteiger partial charge in [-0.2, -0.15) is 0 Å². The van der Waals surface area contributed by atoms with Crippen molar-refractivity contribution < 1.29 is 22.8 Å². The number of benzene rings is 2. The molecule has 10 heteroatoms. The number of imide groups is 1. The Kier molecular flexibility index (Phi) is 6.54. The Morgan fingerprint density at radius 3 is 2.31 bits per heavy atom. The van der Waals surface area contributed by atoms with Crippen LogP contribution in [0.5, 0.6) is 0 Å². The average Bonchev–Trinajstić information content (AvgIpc) is 3.03. The standard InChI is InChI=1S/C22H26N4O5S/c1-4-22(5-2)20(28)26(21(29)24-22)15-19(27)23-16-10-9-13-18(14-16)32(30,31)25(3)17-11-7-6-8-12-17/h6-14H,4-5,15H2,1-3H3,(H,23,27)(H,24,29). The third-order valence-corrected chi connectivity index (χ3v) is 7.43. The number of hydrogen-bond donors (Lipinski definition) is 2. The summed E-state index contributed by atoms with van der Waals surface area (Å²) < 4.78 is 27.1. The van der Waals surface area contributed by atoms with E-state index in [-0.39, 0.29) is 10.6 Å². The largest absolute Gasteiger partial charge is 0.325 e. The molecule has 0 unspecified atom stereocenters. The number of carbonyl (C=O) groups excluding carboxylic acids is 3. The SMILES string of the molecule is CCC1(CC)NC(=O)N(CC(=O)Nc2cccc(S(=O)(=O)N(C)c3ccccc3)c2)C1=O. The molecule has 2 aromatic rings. The number of urea groups is 1. The molecule has 3 rings (SSSR count). The van der Waals surface area contributed by atoms with Gasteiger partial charge in [-0.15, -0.1) is 0 Å². The smallest absolute Gasteiger partial charge is 0.324 e. The van der Waals surface area contributed by atoms with Crippen molar-refractivity contribution >= 4 is 39.2 Å². The molecule has 170 valence electrons. The van der Waals surface area contributed by atoms with E-state index in [2.05, 4.69) is 10.6 Å². The van der Waals surface area contributed by atoms with Gasteiger partial charge in [0.15, 0.2) is 0 Å². The molecule has 2 N–H and O–H groups in total. The Bertz CT molecular complexity index is 1130. The van der Waals surface area contributed by atoms with Crippen LogP contribution >= 0.6 is 0 Å². The number of para-hydroxylation sites is 1. The molecule has 0 aromatic heterocycles. The van der Waals surface area contributed by atoms with Gasteiger partial charge >= 0.3 is 6.03 Å². The molecule has 1 saturated heterocycles. The van der Waals surface area contributed by atoms with Gasteiger partial charge in [-0.25, -0.2) is 13.2 Å². The van der Waals surface area contributed by atoms with E-state index < -0.39 is 40.0 Å². The Morgan fingerprint density at radius 1 is 1.06 bits per heavy atom. The molecule has 0 saturated carbocycles. The first-order chi connectivity index (χ1) is 15.1. The molecule has 1 aliphatic rings. The molecule has 1 heterocycles. The minimum atomic E-state index is -3.86. The van der Waals surface area contributed by atoms with Crippen molar-refractivity contribution in [2.45, 2.75) is 37.1 Å². The summed E-state index contributed by atoms with van der Waals surface area (Å²) in [6.45, 7) is 3.13. The summed E-state index contributed by atoms with van der Waals surface area (Å²) in [7, 11) is -2.41. The molecule has 4 amide bonds. The number of anilines is 2. The number of nitrogens with one attached hydrogen (secondary N) is 2. The Labute approximate surface area is 187 Å². The van der Waals surface area contributed by atoms with E-state index in [9.17, 15) is 22.8 Å². The summed E-state index contributed by atoms with van der Waals surface area (Å²) in [5.41, 5.74) is -0.259.